The molecule has 19 heavy (non-hydrogen) atoms. The first-order chi connectivity index (χ1) is 9.06. The van der Waals surface area contributed by atoms with Crippen LogP contribution in [0.25, 0.3) is 0 Å². The molecular formula is C15H14BrClFN. The van der Waals surface area contributed by atoms with Gasteiger partial charge in [0.15, 0.2) is 0 Å². The number of nitrogens with two attached hydrogens (primary N) is 1. The van der Waals surface area contributed by atoms with Gasteiger partial charge in [0.2, 0.25) is 0 Å². The van der Waals surface area contributed by atoms with Crippen LogP contribution in [-0.2, 0) is 12.8 Å². The van der Waals surface area contributed by atoms with Gasteiger partial charge in [0.05, 0.1) is 0 Å². The zero-order valence-electron chi connectivity index (χ0n) is 10.2. The lowest BCUT2D eigenvalue weighted by Gasteiger charge is -2.13. The third-order valence-corrected chi connectivity index (χ3v) is 3.76. The smallest absolute Gasteiger partial charge is 0.127 e. The van der Waals surface area contributed by atoms with Crippen molar-refractivity contribution in [1.82, 2.24) is 0 Å². The third-order valence-electron chi connectivity index (χ3n) is 2.91. The highest BCUT2D eigenvalue weighted by molar-refractivity contribution is 9.10. The van der Waals surface area contributed by atoms with Gasteiger partial charge in [-0.2, -0.15) is 0 Å². The summed E-state index contributed by atoms with van der Waals surface area (Å²) < 4.78 is 14.7. The molecule has 0 aliphatic rings. The van der Waals surface area contributed by atoms with Crippen LogP contribution in [0.5, 0.6) is 0 Å². The molecule has 2 rings (SSSR count). The highest BCUT2D eigenvalue weighted by Gasteiger charge is 2.12. The van der Waals surface area contributed by atoms with Crippen LogP contribution >= 0.6 is 27.5 Å². The van der Waals surface area contributed by atoms with E-state index in [0.717, 1.165) is 10.0 Å². The number of benzene rings is 2. The van der Waals surface area contributed by atoms with Crippen molar-refractivity contribution in [2.75, 3.05) is 0 Å². The standard InChI is InChI=1S/C15H14BrClFN/c16-11-4-1-3-10(7-11)8-12(19)9-13-14(17)5-2-6-15(13)18/h1-7,12H,8-9,19H2. The number of halogens is 3. The van der Waals surface area contributed by atoms with E-state index in [1.165, 1.54) is 6.07 Å². The largest absolute Gasteiger partial charge is 0.327 e. The van der Waals surface area contributed by atoms with Crippen molar-refractivity contribution in [3.8, 4) is 0 Å². The van der Waals surface area contributed by atoms with Crippen LogP contribution in [-0.4, -0.2) is 6.04 Å². The first-order valence-corrected chi connectivity index (χ1v) is 7.16. The van der Waals surface area contributed by atoms with Gasteiger partial charge < -0.3 is 5.73 Å². The lowest BCUT2D eigenvalue weighted by molar-refractivity contribution is 0.584. The molecule has 0 amide bonds. The summed E-state index contributed by atoms with van der Waals surface area (Å²) in [5.74, 6) is -0.294. The molecule has 0 saturated heterocycles. The van der Waals surface area contributed by atoms with E-state index >= 15 is 0 Å². The van der Waals surface area contributed by atoms with E-state index in [-0.39, 0.29) is 11.9 Å². The summed E-state index contributed by atoms with van der Waals surface area (Å²) in [4.78, 5) is 0. The van der Waals surface area contributed by atoms with Crippen molar-refractivity contribution in [2.24, 2.45) is 5.73 Å². The number of hydrogen-bond donors (Lipinski definition) is 1. The molecule has 0 fully saturated rings. The van der Waals surface area contributed by atoms with Crippen LogP contribution in [0.4, 0.5) is 4.39 Å². The molecule has 0 aliphatic carbocycles. The summed E-state index contributed by atoms with van der Waals surface area (Å²) in [5, 5.41) is 0.435. The van der Waals surface area contributed by atoms with Gasteiger partial charge >= 0.3 is 0 Å². The zero-order chi connectivity index (χ0) is 13.8. The second-order valence-electron chi connectivity index (χ2n) is 4.50. The molecular weight excluding hydrogens is 329 g/mol. The lowest BCUT2D eigenvalue weighted by atomic mass is 9.99. The van der Waals surface area contributed by atoms with E-state index in [2.05, 4.69) is 15.9 Å². The van der Waals surface area contributed by atoms with Crippen LogP contribution in [0, 0.1) is 5.82 Å². The fraction of sp³-hybridized carbons (Fsp3) is 0.200. The normalized spacial score (nSPS) is 12.4. The lowest BCUT2D eigenvalue weighted by Crippen LogP contribution is -2.26. The summed E-state index contributed by atoms with van der Waals surface area (Å²) in [5.41, 5.74) is 7.70. The van der Waals surface area contributed by atoms with Crippen molar-refractivity contribution in [3.05, 3.63) is 68.9 Å². The van der Waals surface area contributed by atoms with Crippen molar-refractivity contribution in [2.45, 2.75) is 18.9 Å². The summed E-state index contributed by atoms with van der Waals surface area (Å²) >= 11 is 9.42. The van der Waals surface area contributed by atoms with Gasteiger partial charge in [-0.3, -0.25) is 0 Å². The van der Waals surface area contributed by atoms with Gasteiger partial charge in [-0.25, -0.2) is 4.39 Å². The van der Waals surface area contributed by atoms with Crippen molar-refractivity contribution in [1.29, 1.82) is 0 Å². The molecule has 0 bridgehead atoms. The molecule has 2 aromatic rings. The third kappa shape index (κ3) is 4.03. The van der Waals surface area contributed by atoms with Crippen molar-refractivity contribution >= 4 is 27.5 Å². The summed E-state index contributed by atoms with van der Waals surface area (Å²) in [6.07, 6.45) is 1.11. The second kappa shape index (κ2) is 6.51. The van der Waals surface area contributed by atoms with Crippen molar-refractivity contribution in [3.63, 3.8) is 0 Å². The molecule has 100 valence electrons. The predicted molar refractivity (Wildman–Crippen MR) is 80.9 cm³/mol. The van der Waals surface area contributed by atoms with Crippen LogP contribution in [0.15, 0.2) is 46.9 Å². The molecule has 1 nitrogen and oxygen atoms in total. The monoisotopic (exact) mass is 341 g/mol. The molecule has 0 saturated carbocycles. The predicted octanol–water partition coefficient (Wildman–Crippen LogP) is 4.35. The maximum Gasteiger partial charge on any atom is 0.127 e. The Morgan fingerprint density at radius 3 is 2.58 bits per heavy atom. The van der Waals surface area contributed by atoms with E-state index in [1.807, 2.05) is 24.3 Å². The van der Waals surface area contributed by atoms with Crippen LogP contribution in [0.2, 0.25) is 5.02 Å². The maximum absolute atomic E-state index is 13.7. The van der Waals surface area contributed by atoms with Crippen LogP contribution < -0.4 is 5.73 Å². The van der Waals surface area contributed by atoms with E-state index < -0.39 is 0 Å². The molecule has 4 heteroatoms. The van der Waals surface area contributed by atoms with Gasteiger partial charge in [-0.05, 0) is 42.7 Å². The Hall–Kier alpha value is -0.900. The molecule has 1 unspecified atom stereocenters. The summed E-state index contributed by atoms with van der Waals surface area (Å²) in [6, 6.07) is 12.5. The number of hydrogen-bond acceptors (Lipinski definition) is 1. The molecule has 0 spiro atoms. The van der Waals surface area contributed by atoms with Crippen LogP contribution in [0.1, 0.15) is 11.1 Å². The van der Waals surface area contributed by atoms with E-state index in [9.17, 15) is 4.39 Å². The minimum Gasteiger partial charge on any atom is -0.327 e. The Morgan fingerprint density at radius 2 is 1.89 bits per heavy atom. The van der Waals surface area contributed by atoms with Gasteiger partial charge in [0.1, 0.15) is 5.82 Å². The fourth-order valence-electron chi connectivity index (χ4n) is 2.03. The summed E-state index contributed by atoms with van der Waals surface area (Å²) in [6.45, 7) is 0. The topological polar surface area (TPSA) is 26.0 Å². The van der Waals surface area contributed by atoms with E-state index in [4.69, 9.17) is 17.3 Å². The zero-order valence-corrected chi connectivity index (χ0v) is 12.6. The van der Waals surface area contributed by atoms with Gasteiger partial charge in [-0.1, -0.05) is 45.7 Å². The molecule has 1 atom stereocenters. The second-order valence-corrected chi connectivity index (χ2v) is 5.82. The highest BCUT2D eigenvalue weighted by Crippen LogP contribution is 2.21. The molecule has 0 aliphatic heterocycles. The highest BCUT2D eigenvalue weighted by atomic mass is 79.9. The molecule has 0 radical (unpaired) electrons. The van der Waals surface area contributed by atoms with Gasteiger partial charge in [0, 0.05) is 21.1 Å². The minimum absolute atomic E-state index is 0.163. The molecule has 0 heterocycles. The average molecular weight is 343 g/mol. The number of rotatable bonds is 4. The fourth-order valence-corrected chi connectivity index (χ4v) is 2.72. The SMILES string of the molecule is NC(Cc1cccc(Br)c1)Cc1c(F)cccc1Cl. The van der Waals surface area contributed by atoms with Crippen LogP contribution in [0.3, 0.4) is 0 Å². The first kappa shape index (κ1) is 14.5. The summed E-state index contributed by atoms with van der Waals surface area (Å²) in [7, 11) is 0. The Balaban J connectivity index is 2.07. The Labute approximate surface area is 125 Å². The first-order valence-electron chi connectivity index (χ1n) is 5.99. The molecule has 0 aromatic heterocycles. The molecule has 2 aromatic carbocycles. The average Bonchev–Trinajstić information content (AvgIpc) is 2.34. The Kier molecular flexibility index (Phi) is 4.97. The Morgan fingerprint density at radius 1 is 1.16 bits per heavy atom. The quantitative estimate of drug-likeness (QED) is 0.878. The Bertz CT molecular complexity index is 554. The minimum atomic E-state index is -0.294. The maximum atomic E-state index is 13.7. The van der Waals surface area contributed by atoms with Crippen molar-refractivity contribution < 1.29 is 4.39 Å². The van der Waals surface area contributed by atoms with E-state index in [0.29, 0.717) is 23.4 Å². The molecule has 2 N–H and O–H groups in total. The van der Waals surface area contributed by atoms with Gasteiger partial charge in [0.25, 0.3) is 0 Å². The van der Waals surface area contributed by atoms with E-state index in [1.54, 1.807) is 12.1 Å². The van der Waals surface area contributed by atoms with Gasteiger partial charge in [-0.15, -0.1) is 0 Å².